The molecule has 2 heterocycles. The molecule has 3 rings (SSSR count). The minimum Gasteiger partial charge on any atom is -0.326 e. The van der Waals surface area contributed by atoms with E-state index in [4.69, 9.17) is 0 Å². The van der Waals surface area contributed by atoms with E-state index in [1.807, 2.05) is 0 Å². The van der Waals surface area contributed by atoms with Crippen LogP contribution in [0.1, 0.15) is 0 Å². The second-order valence-corrected chi connectivity index (χ2v) is 3.93. The van der Waals surface area contributed by atoms with Crippen molar-refractivity contribution in [1.82, 2.24) is 20.0 Å². The van der Waals surface area contributed by atoms with Crippen molar-refractivity contribution in [2.75, 3.05) is 0 Å². The summed E-state index contributed by atoms with van der Waals surface area (Å²) in [6.45, 7) is 0. The number of fused-ring (bicyclic) bond motifs is 1. The summed E-state index contributed by atoms with van der Waals surface area (Å²) in [6, 6.07) is 6.00. The highest BCUT2D eigenvalue weighted by molar-refractivity contribution is 5.89. The summed E-state index contributed by atoms with van der Waals surface area (Å²) in [5, 5.41) is 8.17. The number of hydrogen-bond acceptors (Lipinski definition) is 3. The summed E-state index contributed by atoms with van der Waals surface area (Å²) in [7, 11) is 1.65. The van der Waals surface area contributed by atoms with Crippen LogP contribution >= 0.6 is 0 Å². The van der Waals surface area contributed by atoms with Gasteiger partial charge in [-0.3, -0.25) is 4.79 Å². The number of rotatable bonds is 1. The Morgan fingerprint density at radius 3 is 2.56 bits per heavy atom. The average molecular weight is 244 g/mol. The Morgan fingerprint density at radius 1 is 1.17 bits per heavy atom. The van der Waals surface area contributed by atoms with E-state index in [1.165, 1.54) is 16.9 Å². The number of hydrogen-bond donors (Lipinski definition) is 1. The van der Waals surface area contributed by atoms with Crippen molar-refractivity contribution in [3.63, 3.8) is 0 Å². The topological polar surface area (TPSA) is 63.6 Å². The van der Waals surface area contributed by atoms with Crippen LogP contribution in [0.25, 0.3) is 22.2 Å². The summed E-state index contributed by atoms with van der Waals surface area (Å²) in [5.41, 5.74) is 1.99. The SMILES string of the molecule is Cn1nc2c(-c3ccc(F)cc3)c[nH]c(=O)c2n1. The summed E-state index contributed by atoms with van der Waals surface area (Å²) < 4.78 is 12.9. The standard InChI is InChI=1S/C12H9FN4O/c1-17-15-10-9(6-14-12(18)11(10)16-17)7-2-4-8(13)5-3-7/h2-6H,1H3,(H,14,18). The number of halogens is 1. The first-order valence-electron chi connectivity index (χ1n) is 5.34. The van der Waals surface area contributed by atoms with E-state index in [1.54, 1.807) is 25.4 Å². The second-order valence-electron chi connectivity index (χ2n) is 3.93. The van der Waals surface area contributed by atoms with E-state index in [9.17, 15) is 9.18 Å². The Morgan fingerprint density at radius 2 is 1.83 bits per heavy atom. The lowest BCUT2D eigenvalue weighted by Crippen LogP contribution is -2.06. The number of pyridine rings is 1. The van der Waals surface area contributed by atoms with Crippen molar-refractivity contribution in [3.05, 3.63) is 46.6 Å². The third-order valence-corrected chi connectivity index (χ3v) is 2.69. The molecule has 1 N–H and O–H groups in total. The molecule has 5 nitrogen and oxygen atoms in total. The van der Waals surface area contributed by atoms with Gasteiger partial charge in [0, 0.05) is 18.8 Å². The van der Waals surface area contributed by atoms with Crippen molar-refractivity contribution < 1.29 is 4.39 Å². The van der Waals surface area contributed by atoms with Gasteiger partial charge in [-0.15, -0.1) is 5.10 Å². The Balaban J connectivity index is 2.32. The third-order valence-electron chi connectivity index (χ3n) is 2.69. The molecule has 0 radical (unpaired) electrons. The van der Waals surface area contributed by atoms with Crippen molar-refractivity contribution in [2.45, 2.75) is 0 Å². The first kappa shape index (κ1) is 10.6. The minimum atomic E-state index is -0.307. The van der Waals surface area contributed by atoms with Crippen LogP contribution in [0.5, 0.6) is 0 Å². The number of aromatic nitrogens is 4. The maximum Gasteiger partial charge on any atom is 0.278 e. The quantitative estimate of drug-likeness (QED) is 0.704. The van der Waals surface area contributed by atoms with Crippen molar-refractivity contribution in [3.8, 4) is 11.1 Å². The number of H-pyrrole nitrogens is 1. The number of nitrogens with zero attached hydrogens (tertiary/aromatic N) is 3. The zero-order chi connectivity index (χ0) is 12.7. The van der Waals surface area contributed by atoms with Gasteiger partial charge in [-0.2, -0.15) is 9.90 Å². The van der Waals surface area contributed by atoms with Crippen LogP contribution in [0.2, 0.25) is 0 Å². The van der Waals surface area contributed by atoms with Gasteiger partial charge >= 0.3 is 0 Å². The van der Waals surface area contributed by atoms with Crippen LogP contribution < -0.4 is 5.56 Å². The lowest BCUT2D eigenvalue weighted by molar-refractivity contribution is 0.628. The molecule has 2 aromatic heterocycles. The molecule has 0 saturated heterocycles. The molecule has 0 aliphatic carbocycles. The van der Waals surface area contributed by atoms with E-state index >= 15 is 0 Å². The first-order chi connectivity index (χ1) is 8.65. The predicted octanol–water partition coefficient (Wildman–Crippen LogP) is 1.46. The first-order valence-corrected chi connectivity index (χ1v) is 5.34. The zero-order valence-electron chi connectivity index (χ0n) is 9.51. The fraction of sp³-hybridized carbons (Fsp3) is 0.0833. The number of aryl methyl sites for hydroxylation is 1. The van der Waals surface area contributed by atoms with Crippen molar-refractivity contribution in [1.29, 1.82) is 0 Å². The molecule has 0 spiro atoms. The highest BCUT2D eigenvalue weighted by Gasteiger charge is 2.11. The van der Waals surface area contributed by atoms with Gasteiger partial charge in [0.05, 0.1) is 0 Å². The van der Waals surface area contributed by atoms with Crippen LogP contribution in [0.3, 0.4) is 0 Å². The molecule has 18 heavy (non-hydrogen) atoms. The molecule has 6 heteroatoms. The molecule has 0 unspecified atom stereocenters. The monoisotopic (exact) mass is 244 g/mol. The maximum absolute atomic E-state index is 12.9. The largest absolute Gasteiger partial charge is 0.326 e. The average Bonchev–Trinajstić information content (AvgIpc) is 2.74. The van der Waals surface area contributed by atoms with Gasteiger partial charge in [0.15, 0.2) is 5.52 Å². The molecule has 90 valence electrons. The summed E-state index contributed by atoms with van der Waals surface area (Å²) in [5.74, 6) is -0.307. The molecule has 0 bridgehead atoms. The Labute approximate surface area is 101 Å². The molecule has 1 aromatic carbocycles. The van der Waals surface area contributed by atoms with E-state index in [2.05, 4.69) is 15.2 Å². The van der Waals surface area contributed by atoms with Crippen LogP contribution in [0.15, 0.2) is 35.3 Å². The summed E-state index contributed by atoms with van der Waals surface area (Å²) in [6.07, 6.45) is 1.56. The Kier molecular flexibility index (Phi) is 2.22. The van der Waals surface area contributed by atoms with E-state index in [0.717, 1.165) is 11.1 Å². The second kappa shape index (κ2) is 3.76. The Hall–Kier alpha value is -2.50. The minimum absolute atomic E-state index is 0.277. The van der Waals surface area contributed by atoms with Crippen LogP contribution in [-0.4, -0.2) is 20.0 Å². The van der Waals surface area contributed by atoms with Gasteiger partial charge in [0.25, 0.3) is 5.56 Å². The Bertz CT molecular complexity index is 773. The van der Waals surface area contributed by atoms with Gasteiger partial charge < -0.3 is 4.98 Å². The molecule has 0 saturated carbocycles. The molecule has 0 aliphatic rings. The van der Waals surface area contributed by atoms with Gasteiger partial charge in [-0.1, -0.05) is 12.1 Å². The van der Waals surface area contributed by atoms with E-state index < -0.39 is 0 Å². The third kappa shape index (κ3) is 1.58. The summed E-state index contributed by atoms with van der Waals surface area (Å²) >= 11 is 0. The molecule has 0 fully saturated rings. The smallest absolute Gasteiger partial charge is 0.278 e. The highest BCUT2D eigenvalue weighted by atomic mass is 19.1. The molecule has 0 amide bonds. The van der Waals surface area contributed by atoms with E-state index in [-0.39, 0.29) is 16.9 Å². The molecule has 3 aromatic rings. The maximum atomic E-state index is 12.9. The van der Waals surface area contributed by atoms with Crippen molar-refractivity contribution >= 4 is 11.0 Å². The number of aromatic amines is 1. The zero-order valence-corrected chi connectivity index (χ0v) is 9.51. The number of nitrogens with one attached hydrogen (secondary N) is 1. The van der Waals surface area contributed by atoms with Crippen molar-refractivity contribution in [2.24, 2.45) is 7.05 Å². The van der Waals surface area contributed by atoms with Crippen LogP contribution in [-0.2, 0) is 7.05 Å². The lowest BCUT2D eigenvalue weighted by Gasteiger charge is -2.01. The van der Waals surface area contributed by atoms with Gasteiger partial charge in [-0.05, 0) is 17.7 Å². The van der Waals surface area contributed by atoms with E-state index in [0.29, 0.717) is 5.52 Å². The van der Waals surface area contributed by atoms with Crippen LogP contribution in [0.4, 0.5) is 4.39 Å². The lowest BCUT2D eigenvalue weighted by atomic mass is 10.1. The fourth-order valence-electron chi connectivity index (χ4n) is 1.86. The molecular formula is C12H9FN4O. The normalized spacial score (nSPS) is 11.0. The molecule has 0 atom stereocenters. The van der Waals surface area contributed by atoms with Gasteiger partial charge in [-0.25, -0.2) is 4.39 Å². The van der Waals surface area contributed by atoms with Gasteiger partial charge in [0.1, 0.15) is 11.3 Å². The van der Waals surface area contributed by atoms with Gasteiger partial charge in [0.2, 0.25) is 0 Å². The highest BCUT2D eigenvalue weighted by Crippen LogP contribution is 2.23. The predicted molar refractivity (Wildman–Crippen MR) is 64.5 cm³/mol. The fourth-order valence-corrected chi connectivity index (χ4v) is 1.86. The molecule has 0 aliphatic heterocycles. The summed E-state index contributed by atoms with van der Waals surface area (Å²) in [4.78, 5) is 15.5. The molecular weight excluding hydrogens is 235 g/mol. The number of benzene rings is 1. The van der Waals surface area contributed by atoms with Crippen LogP contribution in [0, 0.1) is 5.82 Å².